The standard InChI is InChI=1S/C22H21F2N3O5S/c23-13-2-3-18(17(24)10-13)33(30,31)26-14-11-15(20(28)27-6-8-32-9-7-27)19-16(12-14)22(4-1-5-22)21(29)25-19/h2-3,10-12,26H,1,4-9H2,(H,25,29). The van der Waals surface area contributed by atoms with Crippen molar-refractivity contribution in [3.05, 3.63) is 53.1 Å². The van der Waals surface area contributed by atoms with Gasteiger partial charge in [0.2, 0.25) is 5.91 Å². The summed E-state index contributed by atoms with van der Waals surface area (Å²) in [5.41, 5.74) is 0.306. The molecule has 0 aromatic heterocycles. The van der Waals surface area contributed by atoms with E-state index in [1.165, 1.54) is 12.1 Å². The molecule has 0 bridgehead atoms. The fourth-order valence-corrected chi connectivity index (χ4v) is 5.71. The average molecular weight is 477 g/mol. The van der Waals surface area contributed by atoms with E-state index in [0.29, 0.717) is 56.5 Å². The lowest BCUT2D eigenvalue weighted by Crippen LogP contribution is -2.41. The van der Waals surface area contributed by atoms with E-state index in [9.17, 15) is 26.8 Å². The van der Waals surface area contributed by atoms with Gasteiger partial charge in [0.05, 0.1) is 35.6 Å². The molecule has 1 saturated carbocycles. The highest BCUT2D eigenvalue weighted by atomic mass is 32.2. The lowest BCUT2D eigenvalue weighted by molar-refractivity contribution is -0.123. The summed E-state index contributed by atoms with van der Waals surface area (Å²) in [5.74, 6) is -2.72. The van der Waals surface area contributed by atoms with Crippen molar-refractivity contribution in [2.75, 3.05) is 36.3 Å². The molecule has 11 heteroatoms. The number of carbonyl (C=O) groups is 2. The van der Waals surface area contributed by atoms with Crippen molar-refractivity contribution in [2.45, 2.75) is 29.6 Å². The molecule has 2 aromatic carbocycles. The summed E-state index contributed by atoms with van der Waals surface area (Å²) < 4.78 is 60.7. The summed E-state index contributed by atoms with van der Waals surface area (Å²) >= 11 is 0. The zero-order valence-corrected chi connectivity index (χ0v) is 18.3. The number of benzene rings is 2. The van der Waals surface area contributed by atoms with Gasteiger partial charge in [-0.05, 0) is 42.7 Å². The van der Waals surface area contributed by atoms with E-state index in [2.05, 4.69) is 10.0 Å². The van der Waals surface area contributed by atoms with Gasteiger partial charge >= 0.3 is 0 Å². The van der Waals surface area contributed by atoms with E-state index >= 15 is 0 Å². The fourth-order valence-electron chi connectivity index (χ4n) is 4.60. The molecule has 1 aliphatic carbocycles. The van der Waals surface area contributed by atoms with Crippen molar-refractivity contribution in [1.82, 2.24) is 4.90 Å². The number of nitrogens with one attached hydrogen (secondary N) is 2. The number of rotatable bonds is 4. The second kappa shape index (κ2) is 7.77. The third-order valence-corrected chi connectivity index (χ3v) is 7.91. The van der Waals surface area contributed by atoms with Crippen molar-refractivity contribution in [3.63, 3.8) is 0 Å². The van der Waals surface area contributed by atoms with E-state index in [1.807, 2.05) is 0 Å². The molecule has 2 heterocycles. The van der Waals surface area contributed by atoms with Gasteiger partial charge in [0.25, 0.3) is 15.9 Å². The zero-order chi connectivity index (χ0) is 23.4. The average Bonchev–Trinajstić information content (AvgIpc) is 3.04. The van der Waals surface area contributed by atoms with Crippen LogP contribution in [0.1, 0.15) is 35.2 Å². The lowest BCUT2D eigenvalue weighted by Gasteiger charge is -2.36. The van der Waals surface area contributed by atoms with Gasteiger partial charge in [-0.15, -0.1) is 0 Å². The minimum absolute atomic E-state index is 0.0249. The quantitative estimate of drug-likeness (QED) is 0.705. The molecule has 8 nitrogen and oxygen atoms in total. The Bertz CT molecular complexity index is 1270. The second-order valence-electron chi connectivity index (χ2n) is 8.42. The van der Waals surface area contributed by atoms with Gasteiger partial charge in [0.15, 0.2) is 0 Å². The maximum absolute atomic E-state index is 14.2. The Hall–Kier alpha value is -3.05. The van der Waals surface area contributed by atoms with Crippen molar-refractivity contribution >= 4 is 33.2 Å². The van der Waals surface area contributed by atoms with Gasteiger partial charge in [0, 0.05) is 19.2 Å². The third kappa shape index (κ3) is 3.55. The number of morpholine rings is 1. The van der Waals surface area contributed by atoms with Gasteiger partial charge in [-0.25, -0.2) is 17.2 Å². The summed E-state index contributed by atoms with van der Waals surface area (Å²) in [6.07, 6.45) is 2.00. The fraction of sp³-hybridized carbons (Fsp3) is 0.364. The number of ether oxygens (including phenoxy) is 1. The molecule has 5 rings (SSSR count). The van der Waals surface area contributed by atoms with Crippen LogP contribution in [0.2, 0.25) is 0 Å². The van der Waals surface area contributed by atoms with E-state index in [4.69, 9.17) is 4.74 Å². The van der Waals surface area contributed by atoms with Crippen LogP contribution in [0, 0.1) is 11.6 Å². The van der Waals surface area contributed by atoms with Gasteiger partial charge in [-0.2, -0.15) is 0 Å². The Morgan fingerprint density at radius 3 is 2.48 bits per heavy atom. The number of hydrogen-bond acceptors (Lipinski definition) is 5. The first kappa shape index (κ1) is 21.8. The van der Waals surface area contributed by atoms with Crippen LogP contribution in [0.3, 0.4) is 0 Å². The molecular weight excluding hydrogens is 456 g/mol. The largest absolute Gasteiger partial charge is 0.378 e. The Kier molecular flexibility index (Phi) is 5.13. The monoisotopic (exact) mass is 477 g/mol. The Morgan fingerprint density at radius 2 is 1.85 bits per heavy atom. The topological polar surface area (TPSA) is 105 Å². The summed E-state index contributed by atoms with van der Waals surface area (Å²) in [4.78, 5) is 27.0. The highest BCUT2D eigenvalue weighted by Gasteiger charge is 2.52. The molecule has 2 N–H and O–H groups in total. The number of nitrogens with zero attached hydrogens (tertiary/aromatic N) is 1. The van der Waals surface area contributed by atoms with E-state index in [1.54, 1.807) is 4.90 Å². The van der Waals surface area contributed by atoms with Crippen LogP contribution in [-0.4, -0.2) is 51.4 Å². The molecule has 2 aliphatic heterocycles. The second-order valence-corrected chi connectivity index (χ2v) is 10.1. The molecule has 2 amide bonds. The highest BCUT2D eigenvalue weighted by Crippen LogP contribution is 2.53. The number of anilines is 2. The summed E-state index contributed by atoms with van der Waals surface area (Å²) in [7, 11) is -4.43. The van der Waals surface area contributed by atoms with Crippen LogP contribution in [0.15, 0.2) is 35.2 Å². The number of sulfonamides is 1. The Balaban J connectivity index is 1.58. The number of amides is 2. The summed E-state index contributed by atoms with van der Waals surface area (Å²) in [5, 5.41) is 2.82. The molecule has 2 aromatic rings. The number of carbonyl (C=O) groups excluding carboxylic acids is 2. The third-order valence-electron chi connectivity index (χ3n) is 6.50. The van der Waals surface area contributed by atoms with Gasteiger partial charge in [-0.3, -0.25) is 14.3 Å². The van der Waals surface area contributed by atoms with Gasteiger partial charge in [0.1, 0.15) is 16.5 Å². The van der Waals surface area contributed by atoms with Crippen molar-refractivity contribution in [3.8, 4) is 0 Å². The minimum Gasteiger partial charge on any atom is -0.378 e. The first-order chi connectivity index (χ1) is 15.7. The van der Waals surface area contributed by atoms with Crippen molar-refractivity contribution < 1.29 is 31.5 Å². The van der Waals surface area contributed by atoms with E-state index in [0.717, 1.165) is 18.6 Å². The van der Waals surface area contributed by atoms with Crippen LogP contribution in [-0.2, 0) is 25.0 Å². The zero-order valence-electron chi connectivity index (χ0n) is 17.5. The first-order valence-corrected chi connectivity index (χ1v) is 12.0. The summed E-state index contributed by atoms with van der Waals surface area (Å²) in [6.45, 7) is 1.48. The maximum atomic E-state index is 14.2. The molecular formula is C22H21F2N3O5S. The van der Waals surface area contributed by atoms with Crippen LogP contribution < -0.4 is 10.0 Å². The molecule has 1 spiro atoms. The van der Waals surface area contributed by atoms with Crippen LogP contribution in [0.25, 0.3) is 0 Å². The van der Waals surface area contributed by atoms with Crippen LogP contribution in [0.5, 0.6) is 0 Å². The summed E-state index contributed by atoms with van der Waals surface area (Å²) in [6, 6.07) is 5.02. The smallest absolute Gasteiger partial charge is 0.264 e. The molecule has 1 saturated heterocycles. The normalized spacial score (nSPS) is 19.1. The van der Waals surface area contributed by atoms with Crippen LogP contribution >= 0.6 is 0 Å². The van der Waals surface area contributed by atoms with Gasteiger partial charge in [-0.1, -0.05) is 6.42 Å². The predicted molar refractivity (Wildman–Crippen MR) is 114 cm³/mol. The molecule has 33 heavy (non-hydrogen) atoms. The number of halogens is 2. The molecule has 2 fully saturated rings. The lowest BCUT2D eigenvalue weighted by atomic mass is 9.65. The first-order valence-electron chi connectivity index (χ1n) is 10.6. The SMILES string of the molecule is O=C(c1cc(NS(=O)(=O)c2ccc(F)cc2F)cc2c1NC(=O)C21CCC1)N1CCOCC1. The highest BCUT2D eigenvalue weighted by molar-refractivity contribution is 7.92. The molecule has 3 aliphatic rings. The molecule has 174 valence electrons. The predicted octanol–water partition coefficient (Wildman–Crippen LogP) is 2.61. The number of hydrogen-bond donors (Lipinski definition) is 2. The molecule has 0 radical (unpaired) electrons. The van der Waals surface area contributed by atoms with Crippen molar-refractivity contribution in [2.24, 2.45) is 0 Å². The Labute approximate surface area is 189 Å². The maximum Gasteiger partial charge on any atom is 0.264 e. The van der Waals surface area contributed by atoms with Gasteiger partial charge < -0.3 is 15.0 Å². The van der Waals surface area contributed by atoms with Crippen molar-refractivity contribution in [1.29, 1.82) is 0 Å². The molecule has 0 atom stereocenters. The van der Waals surface area contributed by atoms with Crippen LogP contribution in [0.4, 0.5) is 20.2 Å². The van der Waals surface area contributed by atoms with E-state index < -0.39 is 32.0 Å². The Morgan fingerprint density at radius 1 is 1.12 bits per heavy atom. The number of fused-ring (bicyclic) bond motifs is 2. The van der Waals surface area contributed by atoms with E-state index in [-0.39, 0.29) is 23.1 Å². The minimum atomic E-state index is -4.43. The molecule has 0 unspecified atom stereocenters.